The fourth-order valence-corrected chi connectivity index (χ4v) is 2.98. The Labute approximate surface area is 91.8 Å². The van der Waals surface area contributed by atoms with Gasteiger partial charge in [-0.1, -0.05) is 0 Å². The summed E-state index contributed by atoms with van der Waals surface area (Å²) in [5.41, 5.74) is 5.07. The van der Waals surface area contributed by atoms with E-state index in [1.807, 2.05) is 0 Å². The van der Waals surface area contributed by atoms with Crippen molar-refractivity contribution in [3.63, 3.8) is 0 Å². The third-order valence-corrected chi connectivity index (χ3v) is 6.77. The van der Waals surface area contributed by atoms with Crippen LogP contribution in [-0.2, 0) is 0 Å². The van der Waals surface area contributed by atoms with Gasteiger partial charge in [0.15, 0.2) is 0 Å². The summed E-state index contributed by atoms with van der Waals surface area (Å²) in [5.74, 6) is 0. The SMILES string of the molecule is CC1=C(C)C(C)(C)[C]([La])=C1C. The van der Waals surface area contributed by atoms with E-state index < -0.39 is 0 Å². The predicted octanol–water partition coefficient (Wildman–Crippen LogP) is 3.19. The third kappa shape index (κ3) is 1.32. The summed E-state index contributed by atoms with van der Waals surface area (Å²) < 4.78 is 1.70. The second kappa shape index (κ2) is 2.87. The zero-order chi connectivity index (χ0) is 8.81. The van der Waals surface area contributed by atoms with Crippen molar-refractivity contribution in [2.75, 3.05) is 0 Å². The molecule has 0 amide bonds. The van der Waals surface area contributed by atoms with Gasteiger partial charge < -0.3 is 0 Å². The molecule has 0 saturated carbocycles. The Balaban J connectivity index is 3.27. The molecule has 0 atom stereocenters. The fourth-order valence-electron chi connectivity index (χ4n) is 1.62. The van der Waals surface area contributed by atoms with E-state index in [1.54, 1.807) is 13.1 Å². The molecule has 0 fully saturated rings. The van der Waals surface area contributed by atoms with Crippen molar-refractivity contribution < 1.29 is 33.7 Å². The molecule has 0 aromatic rings. The molecular formula is C10H15La. The molecule has 11 heavy (non-hydrogen) atoms. The maximum absolute atomic E-state index is 2.34. The van der Waals surface area contributed by atoms with Crippen LogP contribution in [0.2, 0.25) is 0 Å². The van der Waals surface area contributed by atoms with Crippen LogP contribution in [0.4, 0.5) is 0 Å². The average molecular weight is 274 g/mol. The van der Waals surface area contributed by atoms with Gasteiger partial charge in [-0.2, -0.15) is 0 Å². The molecule has 0 heterocycles. The van der Waals surface area contributed by atoms with Gasteiger partial charge in [-0.15, -0.1) is 0 Å². The van der Waals surface area contributed by atoms with Gasteiger partial charge in [0, 0.05) is 0 Å². The summed E-state index contributed by atoms with van der Waals surface area (Å²) >= 11 is 1.00. The second-order valence-corrected chi connectivity index (χ2v) is 5.73. The standard InChI is InChI=1S/C10H15.La/c1-7-6-10(4,5)9(3)8(7)2;/h1-5H3;. The van der Waals surface area contributed by atoms with Crippen LogP contribution in [0, 0.1) is 39.1 Å². The van der Waals surface area contributed by atoms with Crippen LogP contribution in [-0.4, -0.2) is 0 Å². The monoisotopic (exact) mass is 274 g/mol. The molecule has 0 spiro atoms. The Morgan fingerprint density at radius 3 is 1.55 bits per heavy atom. The Morgan fingerprint density at radius 2 is 1.45 bits per heavy atom. The molecule has 1 aliphatic carbocycles. The normalized spacial score (nSPS) is 23.3. The molecule has 1 aliphatic rings. The average Bonchev–Trinajstić information content (AvgIpc) is 2.06. The van der Waals surface area contributed by atoms with Crippen molar-refractivity contribution in [2.24, 2.45) is 5.41 Å². The molecule has 0 N–H and O–H groups in total. The summed E-state index contributed by atoms with van der Waals surface area (Å²) in [6.45, 7) is 11.5. The summed E-state index contributed by atoms with van der Waals surface area (Å²) in [6, 6.07) is 0. The number of hydrogen-bond donors (Lipinski definition) is 0. The number of rotatable bonds is 0. The topological polar surface area (TPSA) is 0 Å². The van der Waals surface area contributed by atoms with Gasteiger partial charge in [0.2, 0.25) is 0 Å². The first-order valence-corrected chi connectivity index (χ1v) is 5.85. The molecule has 58 valence electrons. The molecule has 0 aliphatic heterocycles. The van der Waals surface area contributed by atoms with Gasteiger partial charge in [-0.25, -0.2) is 0 Å². The Bertz CT molecular complexity index is 228. The van der Waals surface area contributed by atoms with E-state index in [-0.39, 0.29) is 0 Å². The summed E-state index contributed by atoms with van der Waals surface area (Å²) in [4.78, 5) is 0. The predicted molar refractivity (Wildman–Crippen MR) is 44.9 cm³/mol. The summed E-state index contributed by atoms with van der Waals surface area (Å²) in [6.07, 6.45) is 0. The van der Waals surface area contributed by atoms with Crippen molar-refractivity contribution in [2.45, 2.75) is 34.6 Å². The molecule has 0 radical (unpaired) electrons. The third-order valence-electron chi connectivity index (χ3n) is 3.14. The quantitative estimate of drug-likeness (QED) is 0.636. The van der Waals surface area contributed by atoms with E-state index >= 15 is 0 Å². The summed E-state index contributed by atoms with van der Waals surface area (Å²) in [5, 5.41) is 0. The molecule has 0 nitrogen and oxygen atoms in total. The molecule has 0 unspecified atom stereocenters. The fraction of sp³-hybridized carbons (Fsp3) is 0.600. The van der Waals surface area contributed by atoms with Crippen molar-refractivity contribution in [1.82, 2.24) is 0 Å². The van der Waals surface area contributed by atoms with Crippen LogP contribution >= 0.6 is 0 Å². The summed E-state index contributed by atoms with van der Waals surface area (Å²) in [7, 11) is 0. The first kappa shape index (κ1) is 9.76. The Morgan fingerprint density at radius 1 is 1.00 bits per heavy atom. The van der Waals surface area contributed by atoms with Gasteiger partial charge in [-0.05, 0) is 0 Å². The Kier molecular flexibility index (Phi) is 2.54. The van der Waals surface area contributed by atoms with Gasteiger partial charge in [0.1, 0.15) is 0 Å². The minimum absolute atomic E-state index is 0.388. The van der Waals surface area contributed by atoms with Crippen molar-refractivity contribution in [1.29, 1.82) is 0 Å². The molecular weight excluding hydrogens is 259 g/mol. The van der Waals surface area contributed by atoms with Crippen LogP contribution < -0.4 is 0 Å². The molecule has 1 heteroatoms. The van der Waals surface area contributed by atoms with Gasteiger partial charge >= 0.3 is 92.5 Å². The van der Waals surface area contributed by atoms with E-state index in [1.165, 1.54) is 5.57 Å². The molecule has 0 bridgehead atoms. The van der Waals surface area contributed by atoms with Crippen LogP contribution in [0.5, 0.6) is 0 Å². The van der Waals surface area contributed by atoms with Crippen LogP contribution in [0.25, 0.3) is 0 Å². The maximum atomic E-state index is 2.34. The Hall–Kier alpha value is 0.675. The number of allylic oxidation sites excluding steroid dienone is 4. The zero-order valence-corrected chi connectivity index (χ0v) is 11.7. The first-order valence-electron chi connectivity index (χ1n) is 4.04. The van der Waals surface area contributed by atoms with Crippen LogP contribution in [0.3, 0.4) is 0 Å². The molecule has 1 rings (SSSR count). The van der Waals surface area contributed by atoms with Crippen LogP contribution in [0.15, 0.2) is 18.7 Å². The van der Waals surface area contributed by atoms with E-state index in [4.69, 9.17) is 0 Å². The van der Waals surface area contributed by atoms with Gasteiger partial charge in [-0.3, -0.25) is 0 Å². The second-order valence-electron chi connectivity index (χ2n) is 3.91. The van der Waals surface area contributed by atoms with Crippen molar-refractivity contribution >= 4 is 0 Å². The van der Waals surface area contributed by atoms with Gasteiger partial charge in [0.05, 0.1) is 0 Å². The molecule has 0 aromatic carbocycles. The van der Waals surface area contributed by atoms with Crippen LogP contribution in [0.1, 0.15) is 34.6 Å². The van der Waals surface area contributed by atoms with Crippen molar-refractivity contribution in [3.05, 3.63) is 18.7 Å². The van der Waals surface area contributed by atoms with Crippen molar-refractivity contribution in [3.8, 4) is 0 Å². The number of hydrogen-bond acceptors (Lipinski definition) is 0. The van der Waals surface area contributed by atoms with E-state index in [2.05, 4.69) is 34.6 Å². The van der Waals surface area contributed by atoms with E-state index in [0.29, 0.717) is 5.41 Å². The zero-order valence-electron chi connectivity index (χ0n) is 8.08. The van der Waals surface area contributed by atoms with Gasteiger partial charge in [0.25, 0.3) is 0 Å². The molecule has 0 aromatic heterocycles. The first-order chi connectivity index (χ1) is 4.89. The van der Waals surface area contributed by atoms with E-state index in [0.717, 1.165) is 33.7 Å². The minimum atomic E-state index is 0.388. The molecule has 0 saturated heterocycles. The van der Waals surface area contributed by atoms with E-state index in [9.17, 15) is 0 Å².